The molecule has 2 fully saturated rings. The standard InChI is InChI=1S/C23H32N4O4S/c1-17-21(23(28)26-11-7-4-8-12-26)22(18(2)24-17)32(29,30)27-15-13-25(14-16-27)19-9-5-6-10-20(19)31-3/h5-6,9-10,24H,4,7-8,11-16H2,1-3H3. The van der Waals surface area contributed by atoms with Gasteiger partial charge in [-0.15, -0.1) is 0 Å². The lowest BCUT2D eigenvalue weighted by molar-refractivity contribution is 0.0720. The van der Waals surface area contributed by atoms with Gasteiger partial charge in [0.15, 0.2) is 0 Å². The lowest BCUT2D eigenvalue weighted by Gasteiger charge is -2.36. The zero-order chi connectivity index (χ0) is 22.9. The van der Waals surface area contributed by atoms with Crippen LogP contribution in [0.1, 0.15) is 41.0 Å². The van der Waals surface area contributed by atoms with Crippen molar-refractivity contribution in [2.24, 2.45) is 0 Å². The first-order valence-corrected chi connectivity index (χ1v) is 12.6. The maximum atomic E-state index is 13.7. The number of aromatic nitrogens is 1. The zero-order valence-electron chi connectivity index (χ0n) is 19.1. The number of ether oxygens (including phenoxy) is 1. The van der Waals surface area contributed by atoms with Gasteiger partial charge in [0.1, 0.15) is 10.6 Å². The van der Waals surface area contributed by atoms with E-state index in [0.717, 1.165) is 30.7 Å². The number of piperidine rings is 1. The number of benzene rings is 1. The maximum Gasteiger partial charge on any atom is 0.257 e. The van der Waals surface area contributed by atoms with E-state index in [0.29, 0.717) is 56.2 Å². The molecule has 174 valence electrons. The maximum absolute atomic E-state index is 13.7. The predicted molar refractivity (Wildman–Crippen MR) is 124 cm³/mol. The number of methoxy groups -OCH3 is 1. The molecule has 1 N–H and O–H groups in total. The lowest BCUT2D eigenvalue weighted by atomic mass is 10.1. The van der Waals surface area contributed by atoms with Crippen molar-refractivity contribution in [2.45, 2.75) is 38.0 Å². The number of nitrogens with zero attached hydrogens (tertiary/aromatic N) is 3. The molecule has 2 aliphatic rings. The first-order valence-electron chi connectivity index (χ1n) is 11.2. The van der Waals surface area contributed by atoms with Crippen LogP contribution in [-0.4, -0.2) is 74.9 Å². The number of hydrogen-bond donors (Lipinski definition) is 1. The predicted octanol–water partition coefficient (Wildman–Crippen LogP) is 2.78. The van der Waals surface area contributed by atoms with Crippen molar-refractivity contribution in [3.05, 3.63) is 41.2 Å². The molecule has 2 aromatic rings. The summed E-state index contributed by atoms with van der Waals surface area (Å²) in [4.78, 5) is 20.5. The van der Waals surface area contributed by atoms with E-state index in [-0.39, 0.29) is 10.8 Å². The highest BCUT2D eigenvalue weighted by molar-refractivity contribution is 7.89. The second kappa shape index (κ2) is 9.15. The minimum Gasteiger partial charge on any atom is -0.495 e. The Hall–Kier alpha value is -2.52. The molecule has 0 radical (unpaired) electrons. The molecule has 1 aromatic heterocycles. The third-order valence-corrected chi connectivity index (χ3v) is 8.51. The molecule has 4 rings (SSSR count). The van der Waals surface area contributed by atoms with Crippen LogP contribution in [0.4, 0.5) is 5.69 Å². The Morgan fingerprint density at radius 3 is 2.25 bits per heavy atom. The molecular formula is C23H32N4O4S. The van der Waals surface area contributed by atoms with Crippen LogP contribution >= 0.6 is 0 Å². The highest BCUT2D eigenvalue weighted by Gasteiger charge is 2.37. The number of aryl methyl sites for hydroxylation is 2. The zero-order valence-corrected chi connectivity index (χ0v) is 19.9. The molecule has 2 saturated heterocycles. The van der Waals surface area contributed by atoms with Crippen LogP contribution in [0.15, 0.2) is 29.2 Å². The van der Waals surface area contributed by atoms with Crippen molar-refractivity contribution in [1.82, 2.24) is 14.2 Å². The SMILES string of the molecule is COc1ccccc1N1CCN(S(=O)(=O)c2c(C)[nH]c(C)c2C(=O)N2CCCCC2)CC1. The van der Waals surface area contributed by atoms with E-state index in [2.05, 4.69) is 9.88 Å². The van der Waals surface area contributed by atoms with Crippen LogP contribution in [0.25, 0.3) is 0 Å². The summed E-state index contributed by atoms with van der Waals surface area (Å²) < 4.78 is 34.3. The molecule has 2 aliphatic heterocycles. The van der Waals surface area contributed by atoms with Crippen LogP contribution in [0, 0.1) is 13.8 Å². The third-order valence-electron chi connectivity index (χ3n) is 6.44. The Morgan fingerprint density at radius 1 is 0.938 bits per heavy atom. The smallest absolute Gasteiger partial charge is 0.257 e. The largest absolute Gasteiger partial charge is 0.495 e. The van der Waals surface area contributed by atoms with E-state index in [1.165, 1.54) is 4.31 Å². The molecule has 1 amide bonds. The minimum atomic E-state index is -3.81. The molecule has 0 aliphatic carbocycles. The van der Waals surface area contributed by atoms with Gasteiger partial charge in [0, 0.05) is 50.7 Å². The van der Waals surface area contributed by atoms with Crippen LogP contribution in [0.3, 0.4) is 0 Å². The number of para-hydroxylation sites is 2. The normalized spacial score (nSPS) is 18.1. The number of likely N-dealkylation sites (tertiary alicyclic amines) is 1. The van der Waals surface area contributed by atoms with Gasteiger partial charge in [0.25, 0.3) is 5.91 Å². The number of aromatic amines is 1. The highest BCUT2D eigenvalue weighted by Crippen LogP contribution is 2.32. The van der Waals surface area contributed by atoms with E-state index < -0.39 is 10.0 Å². The Kier molecular flexibility index (Phi) is 6.48. The topological polar surface area (TPSA) is 86.0 Å². The molecular weight excluding hydrogens is 428 g/mol. The third kappa shape index (κ3) is 4.11. The number of anilines is 1. The van der Waals surface area contributed by atoms with Gasteiger partial charge >= 0.3 is 0 Å². The molecule has 1 aromatic carbocycles. The monoisotopic (exact) mass is 460 g/mol. The molecule has 0 saturated carbocycles. The number of nitrogens with one attached hydrogen (secondary N) is 1. The summed E-state index contributed by atoms with van der Waals surface area (Å²) >= 11 is 0. The van der Waals surface area contributed by atoms with Gasteiger partial charge in [-0.2, -0.15) is 4.31 Å². The number of carbonyl (C=O) groups is 1. The number of piperazine rings is 1. The average molecular weight is 461 g/mol. The van der Waals surface area contributed by atoms with E-state index in [9.17, 15) is 13.2 Å². The highest BCUT2D eigenvalue weighted by atomic mass is 32.2. The van der Waals surface area contributed by atoms with E-state index in [1.54, 1.807) is 25.9 Å². The van der Waals surface area contributed by atoms with Gasteiger partial charge in [0.2, 0.25) is 10.0 Å². The van der Waals surface area contributed by atoms with Gasteiger partial charge in [-0.3, -0.25) is 4.79 Å². The van der Waals surface area contributed by atoms with Crippen LogP contribution < -0.4 is 9.64 Å². The van der Waals surface area contributed by atoms with Crippen molar-refractivity contribution in [3.63, 3.8) is 0 Å². The number of hydrogen-bond acceptors (Lipinski definition) is 5. The second-order valence-corrected chi connectivity index (χ2v) is 10.4. The summed E-state index contributed by atoms with van der Waals surface area (Å²) in [5.41, 5.74) is 2.40. The van der Waals surface area contributed by atoms with Gasteiger partial charge in [0.05, 0.1) is 18.4 Å². The fourth-order valence-electron chi connectivity index (χ4n) is 4.78. The molecule has 0 bridgehead atoms. The Labute approximate surface area is 190 Å². The Balaban J connectivity index is 1.58. The molecule has 3 heterocycles. The number of rotatable bonds is 5. The second-order valence-electron chi connectivity index (χ2n) is 8.49. The van der Waals surface area contributed by atoms with E-state index in [1.807, 2.05) is 24.3 Å². The summed E-state index contributed by atoms with van der Waals surface area (Å²) in [7, 11) is -2.17. The van der Waals surface area contributed by atoms with Crippen molar-refractivity contribution in [1.29, 1.82) is 0 Å². The van der Waals surface area contributed by atoms with E-state index in [4.69, 9.17) is 4.74 Å². The summed E-state index contributed by atoms with van der Waals surface area (Å²) in [5, 5.41) is 0. The molecule has 9 heteroatoms. The number of sulfonamides is 1. The summed E-state index contributed by atoms with van der Waals surface area (Å²) in [5.74, 6) is 0.591. The van der Waals surface area contributed by atoms with Crippen LogP contribution in [0.2, 0.25) is 0 Å². The van der Waals surface area contributed by atoms with Crippen molar-refractivity contribution in [3.8, 4) is 5.75 Å². The molecule has 32 heavy (non-hydrogen) atoms. The summed E-state index contributed by atoms with van der Waals surface area (Å²) in [6, 6.07) is 7.76. The minimum absolute atomic E-state index is 0.135. The average Bonchev–Trinajstić information content (AvgIpc) is 3.13. The number of carbonyl (C=O) groups excluding carboxylic acids is 1. The van der Waals surface area contributed by atoms with Crippen LogP contribution in [0.5, 0.6) is 5.75 Å². The van der Waals surface area contributed by atoms with Gasteiger partial charge in [-0.1, -0.05) is 12.1 Å². The van der Waals surface area contributed by atoms with Crippen molar-refractivity contribution in [2.75, 3.05) is 51.3 Å². The van der Waals surface area contributed by atoms with Gasteiger partial charge in [-0.25, -0.2) is 8.42 Å². The quantitative estimate of drug-likeness (QED) is 0.742. The molecule has 0 atom stereocenters. The molecule has 0 spiro atoms. The fraction of sp³-hybridized carbons (Fsp3) is 0.522. The molecule has 8 nitrogen and oxygen atoms in total. The first kappa shape index (κ1) is 22.7. The van der Waals surface area contributed by atoms with Crippen molar-refractivity contribution >= 4 is 21.6 Å². The van der Waals surface area contributed by atoms with Gasteiger partial charge in [-0.05, 0) is 45.2 Å². The number of amides is 1. The fourth-order valence-corrected chi connectivity index (χ4v) is 6.62. The number of H-pyrrole nitrogens is 1. The van der Waals surface area contributed by atoms with Crippen molar-refractivity contribution < 1.29 is 17.9 Å². The Bertz CT molecular complexity index is 1080. The van der Waals surface area contributed by atoms with E-state index >= 15 is 0 Å². The summed E-state index contributed by atoms with van der Waals surface area (Å²) in [6.07, 6.45) is 3.03. The lowest BCUT2D eigenvalue weighted by Crippen LogP contribution is -2.49. The first-order chi connectivity index (χ1) is 15.3. The van der Waals surface area contributed by atoms with Crippen LogP contribution in [-0.2, 0) is 10.0 Å². The Morgan fingerprint density at radius 2 is 1.59 bits per heavy atom. The summed E-state index contributed by atoms with van der Waals surface area (Å²) in [6.45, 7) is 6.68. The van der Waals surface area contributed by atoms with Gasteiger partial charge < -0.3 is 19.5 Å². The molecule has 0 unspecified atom stereocenters.